The molecule has 0 saturated heterocycles. The summed E-state index contributed by atoms with van der Waals surface area (Å²) in [5.41, 5.74) is 1.24. The molecule has 2 N–H and O–H groups in total. The second-order valence-corrected chi connectivity index (χ2v) is 6.52. The Bertz CT molecular complexity index is 691. The highest BCUT2D eigenvalue weighted by atomic mass is 15.3. The number of rotatable bonds is 5. The highest BCUT2D eigenvalue weighted by Gasteiger charge is 2.14. The zero-order chi connectivity index (χ0) is 17.5. The SMILES string of the molecule is CN=C(NCCc1nnc2n1CCCCC2)NC(C)c1ccccc1. The van der Waals surface area contributed by atoms with Crippen LogP contribution in [-0.2, 0) is 19.4 Å². The Morgan fingerprint density at radius 2 is 2.04 bits per heavy atom. The van der Waals surface area contributed by atoms with E-state index < -0.39 is 0 Å². The third-order valence-electron chi connectivity index (χ3n) is 4.70. The first kappa shape index (κ1) is 17.5. The van der Waals surface area contributed by atoms with Crippen LogP contribution >= 0.6 is 0 Å². The van der Waals surface area contributed by atoms with E-state index >= 15 is 0 Å². The van der Waals surface area contributed by atoms with E-state index in [0.717, 1.165) is 43.5 Å². The van der Waals surface area contributed by atoms with E-state index in [4.69, 9.17) is 0 Å². The average Bonchev–Trinajstić information content (AvgIpc) is 2.88. The summed E-state index contributed by atoms with van der Waals surface area (Å²) in [6.45, 7) is 3.98. The molecule has 0 saturated carbocycles. The summed E-state index contributed by atoms with van der Waals surface area (Å²) in [6.07, 6.45) is 5.65. The maximum Gasteiger partial charge on any atom is 0.191 e. The van der Waals surface area contributed by atoms with Crippen LogP contribution in [0.25, 0.3) is 0 Å². The number of aryl methyl sites for hydroxylation is 1. The maximum atomic E-state index is 4.38. The summed E-state index contributed by atoms with van der Waals surface area (Å²) >= 11 is 0. The molecule has 25 heavy (non-hydrogen) atoms. The number of fused-ring (bicyclic) bond motifs is 1. The van der Waals surface area contributed by atoms with Crippen molar-refractivity contribution in [3.63, 3.8) is 0 Å². The third kappa shape index (κ3) is 4.59. The molecule has 134 valence electrons. The molecule has 2 heterocycles. The quantitative estimate of drug-likeness (QED) is 0.648. The third-order valence-corrected chi connectivity index (χ3v) is 4.70. The van der Waals surface area contributed by atoms with Crippen molar-refractivity contribution in [2.45, 2.75) is 51.6 Å². The minimum absolute atomic E-state index is 0.205. The predicted molar refractivity (Wildman–Crippen MR) is 101 cm³/mol. The van der Waals surface area contributed by atoms with Gasteiger partial charge in [-0.3, -0.25) is 4.99 Å². The lowest BCUT2D eigenvalue weighted by Crippen LogP contribution is -2.39. The van der Waals surface area contributed by atoms with Crippen LogP contribution in [0.5, 0.6) is 0 Å². The molecule has 1 aliphatic heterocycles. The molecule has 6 heteroatoms. The zero-order valence-electron chi connectivity index (χ0n) is 15.2. The van der Waals surface area contributed by atoms with Crippen molar-refractivity contribution in [2.24, 2.45) is 4.99 Å². The molecule has 1 aliphatic rings. The molecule has 0 fully saturated rings. The van der Waals surface area contributed by atoms with Crippen LogP contribution in [0.2, 0.25) is 0 Å². The van der Waals surface area contributed by atoms with E-state index in [0.29, 0.717) is 0 Å². The van der Waals surface area contributed by atoms with Crippen LogP contribution in [0.3, 0.4) is 0 Å². The van der Waals surface area contributed by atoms with E-state index in [1.807, 2.05) is 6.07 Å². The minimum Gasteiger partial charge on any atom is -0.356 e. The van der Waals surface area contributed by atoms with Gasteiger partial charge in [0.15, 0.2) is 5.96 Å². The van der Waals surface area contributed by atoms with Crippen LogP contribution in [0.4, 0.5) is 0 Å². The van der Waals surface area contributed by atoms with Gasteiger partial charge in [0.2, 0.25) is 0 Å². The molecule has 1 aromatic carbocycles. The van der Waals surface area contributed by atoms with Gasteiger partial charge in [0, 0.05) is 33.0 Å². The van der Waals surface area contributed by atoms with Crippen molar-refractivity contribution in [1.29, 1.82) is 0 Å². The Balaban J connectivity index is 1.51. The van der Waals surface area contributed by atoms with Gasteiger partial charge in [-0.1, -0.05) is 36.8 Å². The monoisotopic (exact) mass is 340 g/mol. The average molecular weight is 340 g/mol. The molecular weight excluding hydrogens is 312 g/mol. The van der Waals surface area contributed by atoms with Crippen molar-refractivity contribution in [1.82, 2.24) is 25.4 Å². The Kier molecular flexibility index (Phi) is 6.04. The normalized spacial score (nSPS) is 16.0. The highest BCUT2D eigenvalue weighted by Crippen LogP contribution is 2.14. The summed E-state index contributed by atoms with van der Waals surface area (Å²) in [7, 11) is 1.80. The molecule has 3 rings (SSSR count). The fourth-order valence-electron chi connectivity index (χ4n) is 3.25. The molecular formula is C19H28N6. The number of aromatic nitrogens is 3. The molecule has 2 aromatic rings. The fraction of sp³-hybridized carbons (Fsp3) is 0.526. The van der Waals surface area contributed by atoms with Crippen LogP contribution in [0, 0.1) is 0 Å². The lowest BCUT2D eigenvalue weighted by molar-refractivity contribution is 0.599. The predicted octanol–water partition coefficient (Wildman–Crippen LogP) is 2.47. The molecule has 0 bridgehead atoms. The van der Waals surface area contributed by atoms with Gasteiger partial charge in [-0.2, -0.15) is 0 Å². The molecule has 0 aliphatic carbocycles. The smallest absolute Gasteiger partial charge is 0.191 e. The van der Waals surface area contributed by atoms with Gasteiger partial charge >= 0.3 is 0 Å². The van der Waals surface area contributed by atoms with Gasteiger partial charge in [-0.05, 0) is 25.3 Å². The zero-order valence-corrected chi connectivity index (χ0v) is 15.2. The van der Waals surface area contributed by atoms with E-state index in [-0.39, 0.29) is 6.04 Å². The number of nitrogens with one attached hydrogen (secondary N) is 2. The summed E-state index contributed by atoms with van der Waals surface area (Å²) in [6, 6.07) is 10.6. The minimum atomic E-state index is 0.205. The largest absolute Gasteiger partial charge is 0.356 e. The van der Waals surface area contributed by atoms with Crippen molar-refractivity contribution < 1.29 is 0 Å². The van der Waals surface area contributed by atoms with Crippen molar-refractivity contribution in [3.8, 4) is 0 Å². The second-order valence-electron chi connectivity index (χ2n) is 6.52. The van der Waals surface area contributed by atoms with Crippen LogP contribution in [0.15, 0.2) is 35.3 Å². The van der Waals surface area contributed by atoms with Gasteiger partial charge < -0.3 is 15.2 Å². The number of hydrogen-bond acceptors (Lipinski definition) is 3. The molecule has 0 amide bonds. The summed E-state index contributed by atoms with van der Waals surface area (Å²) < 4.78 is 2.30. The maximum absolute atomic E-state index is 4.38. The highest BCUT2D eigenvalue weighted by molar-refractivity contribution is 5.80. The fourth-order valence-corrected chi connectivity index (χ4v) is 3.25. The molecule has 0 spiro atoms. The Morgan fingerprint density at radius 1 is 1.20 bits per heavy atom. The van der Waals surface area contributed by atoms with E-state index in [2.05, 4.69) is 61.6 Å². The molecule has 6 nitrogen and oxygen atoms in total. The van der Waals surface area contributed by atoms with E-state index in [9.17, 15) is 0 Å². The second kappa shape index (κ2) is 8.65. The lowest BCUT2D eigenvalue weighted by atomic mass is 10.1. The van der Waals surface area contributed by atoms with Crippen LogP contribution in [0.1, 0.15) is 49.4 Å². The van der Waals surface area contributed by atoms with Gasteiger partial charge in [0.05, 0.1) is 6.04 Å². The number of hydrogen-bond donors (Lipinski definition) is 2. The van der Waals surface area contributed by atoms with Gasteiger partial charge in [0.1, 0.15) is 11.6 Å². The molecule has 1 unspecified atom stereocenters. The Hall–Kier alpha value is -2.37. The van der Waals surface area contributed by atoms with Crippen molar-refractivity contribution in [2.75, 3.05) is 13.6 Å². The molecule has 1 atom stereocenters. The number of benzene rings is 1. The standard InChI is InChI=1S/C19H28N6/c1-15(16-9-5-3-6-10-16)22-19(20-2)21-13-12-18-24-23-17-11-7-4-8-14-25(17)18/h3,5-6,9-10,15H,4,7-8,11-14H2,1-2H3,(H2,20,21,22). The van der Waals surface area contributed by atoms with Crippen LogP contribution in [-0.4, -0.2) is 34.3 Å². The number of guanidine groups is 1. The Labute approximate surface area is 149 Å². The first-order chi connectivity index (χ1) is 12.3. The van der Waals surface area contributed by atoms with E-state index in [1.165, 1.54) is 24.8 Å². The number of aliphatic imine (C=N–C) groups is 1. The molecule has 0 radical (unpaired) electrons. The Morgan fingerprint density at radius 3 is 2.84 bits per heavy atom. The first-order valence-corrected chi connectivity index (χ1v) is 9.21. The van der Waals surface area contributed by atoms with E-state index in [1.54, 1.807) is 7.05 Å². The van der Waals surface area contributed by atoms with Gasteiger partial charge in [-0.25, -0.2) is 0 Å². The topological polar surface area (TPSA) is 67.1 Å². The first-order valence-electron chi connectivity index (χ1n) is 9.21. The lowest BCUT2D eigenvalue weighted by Gasteiger charge is -2.18. The van der Waals surface area contributed by atoms with Gasteiger partial charge in [0.25, 0.3) is 0 Å². The van der Waals surface area contributed by atoms with Crippen LogP contribution < -0.4 is 10.6 Å². The van der Waals surface area contributed by atoms with Gasteiger partial charge in [-0.15, -0.1) is 10.2 Å². The van der Waals surface area contributed by atoms with Crippen molar-refractivity contribution in [3.05, 3.63) is 47.5 Å². The summed E-state index contributed by atoms with van der Waals surface area (Å²) in [4.78, 5) is 4.33. The number of nitrogens with zero attached hydrogens (tertiary/aromatic N) is 4. The summed E-state index contributed by atoms with van der Waals surface area (Å²) in [5.74, 6) is 3.04. The van der Waals surface area contributed by atoms with Crippen molar-refractivity contribution >= 4 is 5.96 Å². The summed E-state index contributed by atoms with van der Waals surface area (Å²) in [5, 5.41) is 15.6. The molecule has 1 aromatic heterocycles.